The molecule has 0 saturated carbocycles. The fourth-order valence-electron chi connectivity index (χ4n) is 0.731. The summed E-state index contributed by atoms with van der Waals surface area (Å²) < 4.78 is 4.84. The van der Waals surface area contributed by atoms with E-state index in [0.29, 0.717) is 19.1 Å². The van der Waals surface area contributed by atoms with Crippen molar-refractivity contribution < 1.29 is 4.74 Å². The van der Waals surface area contributed by atoms with Crippen LogP contribution >= 0.6 is 35.7 Å². The number of guanidine groups is 1. The summed E-state index contributed by atoms with van der Waals surface area (Å²) in [5, 5.41) is 3.02. The van der Waals surface area contributed by atoms with Crippen molar-refractivity contribution in [1.29, 1.82) is 0 Å². The molecule has 0 atom stereocenters. The van der Waals surface area contributed by atoms with Crippen LogP contribution in [-0.2, 0) is 4.74 Å². The van der Waals surface area contributed by atoms with E-state index in [1.165, 1.54) is 0 Å². The van der Waals surface area contributed by atoms with Gasteiger partial charge in [-0.2, -0.15) is 11.8 Å². The zero-order valence-corrected chi connectivity index (χ0v) is 12.2. The van der Waals surface area contributed by atoms with Crippen LogP contribution in [0.15, 0.2) is 17.6 Å². The summed E-state index contributed by atoms with van der Waals surface area (Å²) in [6.45, 7) is 5.68. The van der Waals surface area contributed by atoms with Crippen LogP contribution in [-0.4, -0.2) is 44.3 Å². The van der Waals surface area contributed by atoms with Crippen molar-refractivity contribution in [2.24, 2.45) is 10.7 Å². The number of ether oxygens (including phenoxy) is 1. The van der Waals surface area contributed by atoms with Crippen LogP contribution in [0.5, 0.6) is 0 Å². The first-order chi connectivity index (χ1) is 6.81. The Hall–Kier alpha value is 0.0500. The molecule has 15 heavy (non-hydrogen) atoms. The molecule has 3 N–H and O–H groups in total. The second-order valence-corrected chi connectivity index (χ2v) is 3.70. The van der Waals surface area contributed by atoms with Crippen LogP contribution in [0.25, 0.3) is 0 Å². The van der Waals surface area contributed by atoms with Crippen molar-refractivity contribution in [1.82, 2.24) is 5.32 Å². The molecule has 4 nitrogen and oxygen atoms in total. The maximum absolute atomic E-state index is 5.58. The third-order valence-electron chi connectivity index (χ3n) is 1.37. The van der Waals surface area contributed by atoms with E-state index >= 15 is 0 Å². The second-order valence-electron chi connectivity index (χ2n) is 2.55. The van der Waals surface area contributed by atoms with Crippen LogP contribution in [0, 0.1) is 0 Å². The van der Waals surface area contributed by atoms with Gasteiger partial charge < -0.3 is 15.8 Å². The standard InChI is InChI=1S/C9H19N3OS.HI/c1-3-7-14-8-5-12-9(10)11-4-6-13-2;/h3H,1,4-8H2,2H3,(H3,10,11,12);1H. The van der Waals surface area contributed by atoms with E-state index in [1.807, 2.05) is 17.8 Å². The van der Waals surface area contributed by atoms with Crippen LogP contribution in [0.3, 0.4) is 0 Å². The van der Waals surface area contributed by atoms with Crippen molar-refractivity contribution in [2.75, 3.05) is 38.3 Å². The van der Waals surface area contributed by atoms with Crippen molar-refractivity contribution in [3.8, 4) is 0 Å². The van der Waals surface area contributed by atoms with Gasteiger partial charge >= 0.3 is 0 Å². The molecule has 0 aliphatic carbocycles. The highest BCUT2D eigenvalue weighted by Gasteiger charge is 1.90. The number of methoxy groups -OCH3 is 1. The van der Waals surface area contributed by atoms with E-state index in [4.69, 9.17) is 10.5 Å². The Kier molecular flexibility index (Phi) is 16.3. The molecule has 0 bridgehead atoms. The minimum absolute atomic E-state index is 0. The SMILES string of the molecule is C=CCSCCNC(N)=NCCOC.I. The Balaban J connectivity index is 0. The molecule has 0 aromatic heterocycles. The minimum Gasteiger partial charge on any atom is -0.383 e. The Labute approximate surface area is 113 Å². The Morgan fingerprint density at radius 2 is 2.40 bits per heavy atom. The number of nitrogens with zero attached hydrogens (tertiary/aromatic N) is 1. The van der Waals surface area contributed by atoms with Crippen molar-refractivity contribution in [3.63, 3.8) is 0 Å². The molecular formula is C9H20IN3OS. The molecule has 6 heteroatoms. The molecule has 0 unspecified atom stereocenters. The summed E-state index contributed by atoms with van der Waals surface area (Å²) in [4.78, 5) is 4.06. The summed E-state index contributed by atoms with van der Waals surface area (Å²) in [6.07, 6.45) is 1.89. The maximum atomic E-state index is 5.58. The molecule has 0 radical (unpaired) electrons. The number of hydrogen-bond donors (Lipinski definition) is 2. The van der Waals surface area contributed by atoms with Crippen molar-refractivity contribution in [2.45, 2.75) is 0 Å². The van der Waals surface area contributed by atoms with E-state index in [1.54, 1.807) is 7.11 Å². The van der Waals surface area contributed by atoms with Gasteiger partial charge in [-0.15, -0.1) is 30.6 Å². The molecule has 0 saturated heterocycles. The van der Waals surface area contributed by atoms with Gasteiger partial charge in [0.2, 0.25) is 0 Å². The fraction of sp³-hybridized carbons (Fsp3) is 0.667. The summed E-state index contributed by atoms with van der Waals surface area (Å²) in [6, 6.07) is 0. The first kappa shape index (κ1) is 17.4. The molecule has 0 aromatic rings. The summed E-state index contributed by atoms with van der Waals surface area (Å²) in [5.41, 5.74) is 5.58. The van der Waals surface area contributed by atoms with E-state index in [0.717, 1.165) is 18.1 Å². The number of nitrogens with one attached hydrogen (secondary N) is 1. The first-order valence-electron chi connectivity index (χ1n) is 4.52. The molecular weight excluding hydrogens is 325 g/mol. The third-order valence-corrected chi connectivity index (χ3v) is 2.33. The molecule has 0 rings (SSSR count). The topological polar surface area (TPSA) is 59.6 Å². The van der Waals surface area contributed by atoms with Crippen LogP contribution in [0.1, 0.15) is 0 Å². The van der Waals surface area contributed by atoms with Gasteiger partial charge in [-0.05, 0) is 0 Å². The van der Waals surface area contributed by atoms with Gasteiger partial charge in [0.25, 0.3) is 0 Å². The highest BCUT2D eigenvalue weighted by atomic mass is 127. The zero-order chi connectivity index (χ0) is 10.6. The average Bonchev–Trinajstić information content (AvgIpc) is 2.18. The number of aliphatic imine (C=N–C) groups is 1. The van der Waals surface area contributed by atoms with Gasteiger partial charge in [-0.25, -0.2) is 0 Å². The number of hydrogen-bond acceptors (Lipinski definition) is 3. The molecule has 0 aromatic carbocycles. The largest absolute Gasteiger partial charge is 0.383 e. The normalized spacial score (nSPS) is 10.6. The Morgan fingerprint density at radius 1 is 1.67 bits per heavy atom. The lowest BCUT2D eigenvalue weighted by atomic mass is 10.7. The monoisotopic (exact) mass is 345 g/mol. The van der Waals surface area contributed by atoms with Gasteiger partial charge in [0.1, 0.15) is 0 Å². The summed E-state index contributed by atoms with van der Waals surface area (Å²) in [5.74, 6) is 2.47. The minimum atomic E-state index is 0. The predicted octanol–water partition coefficient (Wildman–Crippen LogP) is 1.07. The van der Waals surface area contributed by atoms with Crippen molar-refractivity contribution >= 4 is 41.7 Å². The number of thioether (sulfide) groups is 1. The predicted molar refractivity (Wildman–Crippen MR) is 79.3 cm³/mol. The zero-order valence-electron chi connectivity index (χ0n) is 9.07. The summed E-state index contributed by atoms with van der Waals surface area (Å²) >= 11 is 1.81. The smallest absolute Gasteiger partial charge is 0.188 e. The average molecular weight is 345 g/mol. The lowest BCUT2D eigenvalue weighted by molar-refractivity contribution is 0.208. The molecule has 0 aliphatic rings. The van der Waals surface area contributed by atoms with Crippen LogP contribution in [0.4, 0.5) is 0 Å². The van der Waals surface area contributed by atoms with Gasteiger partial charge in [-0.1, -0.05) is 6.08 Å². The maximum Gasteiger partial charge on any atom is 0.188 e. The van der Waals surface area contributed by atoms with E-state index in [2.05, 4.69) is 16.9 Å². The van der Waals surface area contributed by atoms with Gasteiger partial charge in [0.15, 0.2) is 5.96 Å². The van der Waals surface area contributed by atoms with E-state index in [-0.39, 0.29) is 24.0 Å². The lowest BCUT2D eigenvalue weighted by Crippen LogP contribution is -2.33. The van der Waals surface area contributed by atoms with E-state index < -0.39 is 0 Å². The molecule has 0 spiro atoms. The molecule has 0 amide bonds. The Morgan fingerprint density at radius 3 is 3.00 bits per heavy atom. The molecule has 0 heterocycles. The quantitative estimate of drug-likeness (QED) is 0.227. The van der Waals surface area contributed by atoms with Crippen LogP contribution in [0.2, 0.25) is 0 Å². The van der Waals surface area contributed by atoms with Gasteiger partial charge in [-0.3, -0.25) is 4.99 Å². The van der Waals surface area contributed by atoms with Crippen LogP contribution < -0.4 is 11.1 Å². The van der Waals surface area contributed by atoms with Crippen molar-refractivity contribution in [3.05, 3.63) is 12.7 Å². The summed E-state index contributed by atoms with van der Waals surface area (Å²) in [7, 11) is 1.64. The highest BCUT2D eigenvalue weighted by Crippen LogP contribution is 1.96. The Bertz CT molecular complexity index is 179. The fourth-order valence-corrected chi connectivity index (χ4v) is 1.31. The van der Waals surface area contributed by atoms with E-state index in [9.17, 15) is 0 Å². The number of nitrogens with two attached hydrogens (primary N) is 1. The number of rotatable bonds is 8. The highest BCUT2D eigenvalue weighted by molar-refractivity contribution is 14.0. The molecule has 0 aliphatic heterocycles. The first-order valence-corrected chi connectivity index (χ1v) is 5.68. The lowest BCUT2D eigenvalue weighted by Gasteiger charge is -2.04. The number of halogens is 1. The second kappa shape index (κ2) is 14.1. The van der Waals surface area contributed by atoms with Gasteiger partial charge in [0, 0.05) is 25.2 Å². The molecule has 90 valence electrons. The molecule has 0 fully saturated rings. The van der Waals surface area contributed by atoms with Gasteiger partial charge in [0.05, 0.1) is 13.2 Å². The third kappa shape index (κ3) is 14.1.